The molecule has 10 heteroatoms. The zero-order valence-corrected chi connectivity index (χ0v) is 31.4. The molecule has 2 unspecified atom stereocenters. The molecule has 56 heavy (non-hydrogen) atoms. The number of hydrogen-bond donors (Lipinski definition) is 1. The fraction of sp³-hybridized carbons (Fsp3) is 0.304. The van der Waals surface area contributed by atoms with Crippen LogP contribution in [-0.2, 0) is 57.8 Å². The van der Waals surface area contributed by atoms with Crippen LogP contribution < -0.4 is 5.32 Å². The molecule has 290 valence electrons. The van der Waals surface area contributed by atoms with Gasteiger partial charge in [-0.3, -0.25) is 0 Å². The molecule has 1 saturated heterocycles. The average Bonchev–Trinajstić information content (AvgIpc) is 3.57. The Hall–Kier alpha value is -5.36. The van der Waals surface area contributed by atoms with Gasteiger partial charge in [-0.25, -0.2) is 9.59 Å². The van der Waals surface area contributed by atoms with Crippen molar-refractivity contribution >= 4 is 12.1 Å². The Bertz CT molecular complexity index is 1950. The lowest BCUT2D eigenvalue weighted by atomic mass is 9.98. The molecule has 1 aliphatic carbocycles. The third kappa shape index (κ3) is 10.1. The number of carbonyl (C=O) groups excluding carboxylic acids is 2. The number of ether oxygens (including phenoxy) is 7. The topological polar surface area (TPSA) is 111 Å². The highest BCUT2D eigenvalue weighted by atomic mass is 16.7. The molecule has 1 fully saturated rings. The van der Waals surface area contributed by atoms with Crippen molar-refractivity contribution in [2.75, 3.05) is 26.9 Å². The number of benzene rings is 5. The molecule has 0 saturated carbocycles. The normalized spacial score (nSPS) is 19.4. The van der Waals surface area contributed by atoms with Crippen LogP contribution in [0.4, 0.5) is 4.79 Å². The quantitative estimate of drug-likeness (QED) is 0.0960. The van der Waals surface area contributed by atoms with Crippen molar-refractivity contribution in [3.8, 4) is 11.1 Å². The molecule has 5 atom stereocenters. The van der Waals surface area contributed by atoms with E-state index in [4.69, 9.17) is 33.2 Å². The van der Waals surface area contributed by atoms with Crippen molar-refractivity contribution in [1.29, 1.82) is 0 Å². The number of fused-ring (bicyclic) bond motifs is 3. The summed E-state index contributed by atoms with van der Waals surface area (Å²) in [5, 5.41) is 2.65. The van der Waals surface area contributed by atoms with Crippen LogP contribution in [0.5, 0.6) is 0 Å². The van der Waals surface area contributed by atoms with Crippen LogP contribution in [0.15, 0.2) is 140 Å². The summed E-state index contributed by atoms with van der Waals surface area (Å²) in [5.74, 6) is -0.819. The molecular formula is C46H47NO9. The number of amides is 1. The van der Waals surface area contributed by atoms with Gasteiger partial charge in [-0.2, -0.15) is 0 Å². The van der Waals surface area contributed by atoms with Crippen molar-refractivity contribution in [3.05, 3.63) is 167 Å². The maximum absolute atomic E-state index is 13.2. The van der Waals surface area contributed by atoms with Gasteiger partial charge in [0.15, 0.2) is 12.3 Å². The van der Waals surface area contributed by atoms with Gasteiger partial charge in [-0.05, 0) is 38.9 Å². The molecule has 0 aromatic heterocycles. The molecule has 2 aliphatic rings. The maximum Gasteiger partial charge on any atom is 0.407 e. The summed E-state index contributed by atoms with van der Waals surface area (Å²) < 4.78 is 42.8. The van der Waals surface area contributed by atoms with Crippen LogP contribution in [0, 0.1) is 0 Å². The molecule has 5 aromatic rings. The molecule has 1 heterocycles. The third-order valence-electron chi connectivity index (χ3n) is 10.0. The molecule has 0 radical (unpaired) electrons. The van der Waals surface area contributed by atoms with E-state index in [9.17, 15) is 9.59 Å². The Labute approximate surface area is 327 Å². The van der Waals surface area contributed by atoms with Crippen LogP contribution >= 0.6 is 0 Å². The van der Waals surface area contributed by atoms with Gasteiger partial charge in [0.05, 0.1) is 46.2 Å². The minimum Gasteiger partial charge on any atom is -0.467 e. The minimum atomic E-state index is -1.16. The lowest BCUT2D eigenvalue weighted by Gasteiger charge is -2.41. The fourth-order valence-electron chi connectivity index (χ4n) is 7.22. The molecule has 1 aliphatic heterocycles. The van der Waals surface area contributed by atoms with Crippen LogP contribution in [0.2, 0.25) is 0 Å². The first kappa shape index (κ1) is 38.9. The van der Waals surface area contributed by atoms with Crippen LogP contribution in [0.3, 0.4) is 0 Å². The van der Waals surface area contributed by atoms with Gasteiger partial charge in [0.2, 0.25) is 0 Å². The largest absolute Gasteiger partial charge is 0.467 e. The molecule has 7 rings (SSSR count). The number of nitrogens with one attached hydrogen (secondary N) is 1. The average molecular weight is 758 g/mol. The van der Waals surface area contributed by atoms with Crippen LogP contribution in [0.25, 0.3) is 11.1 Å². The summed E-state index contributed by atoms with van der Waals surface area (Å²) in [6, 6.07) is 44.7. The summed E-state index contributed by atoms with van der Waals surface area (Å²) in [5.41, 5.74) is 7.45. The Kier molecular flexibility index (Phi) is 13.5. The number of alkyl carbamates (subject to hydrolysis) is 1. The summed E-state index contributed by atoms with van der Waals surface area (Å²) in [7, 11) is 1.26. The summed E-state index contributed by atoms with van der Waals surface area (Å²) in [4.78, 5) is 26.2. The van der Waals surface area contributed by atoms with Gasteiger partial charge in [-0.15, -0.1) is 0 Å². The number of hydrogen-bond acceptors (Lipinski definition) is 9. The lowest BCUT2D eigenvalue weighted by molar-refractivity contribution is -0.279. The SMILES string of the molecule is COC(=O)C(CO[C@@H]1C[C@@H](OCc2ccccc2)[C@@H](OCc2ccccc2)C(COCc2ccccc2)O1)NC(=O)OCC1c2ccccc2-c2ccccc21. The number of esters is 1. The number of methoxy groups -OCH3 is 1. The van der Waals surface area contributed by atoms with Gasteiger partial charge in [-0.1, -0.05) is 140 Å². The van der Waals surface area contributed by atoms with Crippen molar-refractivity contribution < 1.29 is 42.7 Å². The second-order valence-electron chi connectivity index (χ2n) is 13.8. The minimum absolute atomic E-state index is 0.0931. The first-order valence-corrected chi connectivity index (χ1v) is 18.9. The maximum atomic E-state index is 13.2. The smallest absolute Gasteiger partial charge is 0.407 e. The van der Waals surface area contributed by atoms with E-state index in [2.05, 4.69) is 17.4 Å². The molecule has 1 amide bonds. The van der Waals surface area contributed by atoms with E-state index >= 15 is 0 Å². The summed E-state index contributed by atoms with van der Waals surface area (Å²) in [6.07, 6.45) is -2.86. The predicted octanol–water partition coefficient (Wildman–Crippen LogP) is 7.59. The van der Waals surface area contributed by atoms with E-state index < -0.39 is 42.7 Å². The van der Waals surface area contributed by atoms with Crippen molar-refractivity contribution in [3.63, 3.8) is 0 Å². The summed E-state index contributed by atoms with van der Waals surface area (Å²) in [6.45, 7) is 1.11. The first-order chi connectivity index (χ1) is 27.6. The molecule has 10 nitrogen and oxygen atoms in total. The second-order valence-corrected chi connectivity index (χ2v) is 13.8. The number of rotatable bonds is 17. The van der Waals surface area contributed by atoms with Crippen molar-refractivity contribution in [2.24, 2.45) is 0 Å². The van der Waals surface area contributed by atoms with Crippen molar-refractivity contribution in [1.82, 2.24) is 5.32 Å². The van der Waals surface area contributed by atoms with Crippen LogP contribution in [-0.4, -0.2) is 69.6 Å². The van der Waals surface area contributed by atoms with Gasteiger partial charge in [0.1, 0.15) is 18.8 Å². The van der Waals surface area contributed by atoms with E-state index in [1.807, 2.05) is 127 Å². The molecular weight excluding hydrogens is 711 g/mol. The second kappa shape index (κ2) is 19.5. The number of carbonyl (C=O) groups is 2. The highest BCUT2D eigenvalue weighted by Gasteiger charge is 2.42. The molecule has 1 N–H and O–H groups in total. The van der Waals surface area contributed by atoms with Gasteiger partial charge < -0.3 is 38.5 Å². The van der Waals surface area contributed by atoms with E-state index in [0.717, 1.165) is 38.9 Å². The van der Waals surface area contributed by atoms with Crippen LogP contribution in [0.1, 0.15) is 40.2 Å². The van der Waals surface area contributed by atoms with E-state index in [1.165, 1.54) is 7.11 Å². The van der Waals surface area contributed by atoms with Gasteiger partial charge in [0, 0.05) is 12.3 Å². The predicted molar refractivity (Wildman–Crippen MR) is 209 cm³/mol. The Morgan fingerprint density at radius 1 is 0.661 bits per heavy atom. The lowest BCUT2D eigenvalue weighted by Crippen LogP contribution is -2.54. The highest BCUT2D eigenvalue weighted by Crippen LogP contribution is 2.44. The Balaban J connectivity index is 1.03. The standard InChI is InChI=1S/C46H47NO9/c1-50-45(48)40(47-46(49)55-29-39-37-23-13-11-21-35(37)36-22-12-14-24-38(36)39)30-53-43-25-41(52-27-33-17-7-3-8-18-33)44(54-28-34-19-9-4-10-20-34)42(56-43)31-51-26-32-15-5-2-6-16-32/h2-24,39-44H,25-31H2,1H3,(H,47,49)/t40?,41-,42?,43+,44-/m1/s1. The highest BCUT2D eigenvalue weighted by molar-refractivity contribution is 5.82. The Morgan fingerprint density at radius 3 is 1.79 bits per heavy atom. The summed E-state index contributed by atoms with van der Waals surface area (Å²) >= 11 is 0. The Morgan fingerprint density at radius 2 is 1.20 bits per heavy atom. The van der Waals surface area contributed by atoms with Crippen molar-refractivity contribution in [2.45, 2.75) is 62.8 Å². The zero-order valence-electron chi connectivity index (χ0n) is 31.4. The van der Waals surface area contributed by atoms with E-state index in [-0.39, 0.29) is 25.7 Å². The molecule has 5 aromatic carbocycles. The van der Waals surface area contributed by atoms with E-state index in [0.29, 0.717) is 26.2 Å². The van der Waals surface area contributed by atoms with E-state index in [1.54, 1.807) is 0 Å². The zero-order chi connectivity index (χ0) is 38.5. The van der Waals surface area contributed by atoms with Gasteiger partial charge in [0.25, 0.3) is 0 Å². The monoisotopic (exact) mass is 757 g/mol. The molecule has 0 spiro atoms. The fourth-order valence-corrected chi connectivity index (χ4v) is 7.22. The van der Waals surface area contributed by atoms with Gasteiger partial charge >= 0.3 is 12.1 Å². The third-order valence-corrected chi connectivity index (χ3v) is 10.0. The molecule has 0 bridgehead atoms. The first-order valence-electron chi connectivity index (χ1n) is 18.9.